The number of amides is 2. The number of carboxylic acids is 1. The Bertz CT molecular complexity index is 364. The molecular weight excluding hydrogens is 272 g/mol. The molecule has 0 aromatic heterocycles. The van der Waals surface area contributed by atoms with Crippen molar-refractivity contribution in [3.8, 4) is 0 Å². The Balaban J connectivity index is 2.29. The molecule has 3 N–H and O–H groups in total. The summed E-state index contributed by atoms with van der Waals surface area (Å²) >= 11 is 0. The van der Waals surface area contributed by atoms with Crippen LogP contribution in [-0.4, -0.2) is 42.9 Å². The van der Waals surface area contributed by atoms with Crippen molar-refractivity contribution in [3.05, 3.63) is 0 Å². The summed E-state index contributed by atoms with van der Waals surface area (Å²) in [6.45, 7) is 9.11. The molecule has 2 amide bonds. The third kappa shape index (κ3) is 7.32. The Morgan fingerprint density at radius 3 is 2.29 bits per heavy atom. The minimum atomic E-state index is -1.01. The minimum Gasteiger partial charge on any atom is -0.480 e. The molecule has 122 valence electrons. The van der Waals surface area contributed by atoms with Gasteiger partial charge in [0.05, 0.1) is 6.61 Å². The highest BCUT2D eigenvalue weighted by Crippen LogP contribution is 2.45. The Labute approximate surface area is 126 Å². The van der Waals surface area contributed by atoms with Gasteiger partial charge >= 0.3 is 12.0 Å². The number of urea groups is 1. The number of aliphatic carboxylic acids is 1. The average molecular weight is 300 g/mol. The lowest BCUT2D eigenvalue weighted by atomic mass is 9.63. The first-order valence-electron chi connectivity index (χ1n) is 7.44. The molecule has 0 radical (unpaired) electrons. The van der Waals surface area contributed by atoms with Crippen LogP contribution >= 0.6 is 0 Å². The molecule has 6 heteroatoms. The number of carbonyl (C=O) groups is 2. The maximum absolute atomic E-state index is 11.8. The maximum Gasteiger partial charge on any atom is 0.329 e. The zero-order valence-electron chi connectivity index (χ0n) is 13.5. The van der Waals surface area contributed by atoms with Crippen molar-refractivity contribution in [2.24, 2.45) is 10.8 Å². The van der Waals surface area contributed by atoms with Crippen LogP contribution in [0.15, 0.2) is 0 Å². The summed E-state index contributed by atoms with van der Waals surface area (Å²) in [5, 5.41) is 14.1. The van der Waals surface area contributed by atoms with Gasteiger partial charge in [0, 0.05) is 12.6 Å². The molecule has 0 atom stereocenters. The Kier molecular flexibility index (Phi) is 6.01. The first-order valence-corrected chi connectivity index (χ1v) is 7.44. The standard InChI is InChI=1S/C15H28N2O4/c1-14(2)7-11(8-15(3,4)10-14)17-13(20)16-5-6-21-9-12(18)19/h11H,5-10H2,1-4H3,(H,18,19)(H2,16,17,20). The number of hydrogen-bond acceptors (Lipinski definition) is 3. The summed E-state index contributed by atoms with van der Waals surface area (Å²) < 4.78 is 4.86. The van der Waals surface area contributed by atoms with Crippen LogP contribution in [0.1, 0.15) is 47.0 Å². The third-order valence-corrected chi connectivity index (χ3v) is 3.65. The summed E-state index contributed by atoms with van der Waals surface area (Å²) in [6, 6.07) is -0.0453. The summed E-state index contributed by atoms with van der Waals surface area (Å²) in [5.74, 6) is -1.01. The second-order valence-electron chi connectivity index (χ2n) is 7.46. The number of ether oxygens (including phenoxy) is 1. The Hall–Kier alpha value is -1.30. The molecule has 0 heterocycles. The predicted octanol–water partition coefficient (Wildman–Crippen LogP) is 1.99. The molecule has 0 unspecified atom stereocenters. The van der Waals surface area contributed by atoms with E-state index < -0.39 is 5.97 Å². The summed E-state index contributed by atoms with van der Waals surface area (Å²) in [4.78, 5) is 22.1. The molecule has 0 bridgehead atoms. The van der Waals surface area contributed by atoms with E-state index in [1.54, 1.807) is 0 Å². The molecule has 0 aliphatic heterocycles. The zero-order valence-corrected chi connectivity index (χ0v) is 13.5. The van der Waals surface area contributed by atoms with Gasteiger partial charge in [0.25, 0.3) is 0 Å². The van der Waals surface area contributed by atoms with Crippen LogP contribution in [0.4, 0.5) is 4.79 Å². The van der Waals surface area contributed by atoms with Crippen molar-refractivity contribution in [1.29, 1.82) is 0 Å². The molecule has 0 spiro atoms. The van der Waals surface area contributed by atoms with Crippen LogP contribution < -0.4 is 10.6 Å². The van der Waals surface area contributed by atoms with E-state index in [1.807, 2.05) is 0 Å². The molecule has 1 aliphatic carbocycles. The average Bonchev–Trinajstić information content (AvgIpc) is 2.23. The molecule has 0 aromatic carbocycles. The van der Waals surface area contributed by atoms with E-state index in [0.717, 1.165) is 19.3 Å². The number of carboxylic acid groups (broad SMARTS) is 1. The fourth-order valence-electron chi connectivity index (χ4n) is 3.58. The lowest BCUT2D eigenvalue weighted by molar-refractivity contribution is -0.142. The molecule has 0 saturated heterocycles. The highest BCUT2D eigenvalue weighted by Gasteiger charge is 2.38. The summed E-state index contributed by atoms with van der Waals surface area (Å²) in [6.07, 6.45) is 3.10. The fourth-order valence-corrected chi connectivity index (χ4v) is 3.58. The number of rotatable bonds is 6. The van der Waals surface area contributed by atoms with Gasteiger partial charge in [-0.25, -0.2) is 9.59 Å². The molecule has 6 nitrogen and oxygen atoms in total. The highest BCUT2D eigenvalue weighted by atomic mass is 16.5. The Morgan fingerprint density at radius 2 is 1.76 bits per heavy atom. The molecule has 21 heavy (non-hydrogen) atoms. The van der Waals surface area contributed by atoms with E-state index >= 15 is 0 Å². The van der Waals surface area contributed by atoms with Crippen LogP contribution in [0, 0.1) is 10.8 Å². The van der Waals surface area contributed by atoms with Gasteiger partial charge in [0.1, 0.15) is 6.61 Å². The van der Waals surface area contributed by atoms with Gasteiger partial charge in [0.2, 0.25) is 0 Å². The lowest BCUT2D eigenvalue weighted by Gasteiger charge is -2.45. The van der Waals surface area contributed by atoms with Gasteiger partial charge in [-0.15, -0.1) is 0 Å². The van der Waals surface area contributed by atoms with Crippen LogP contribution in [-0.2, 0) is 9.53 Å². The maximum atomic E-state index is 11.8. The van der Waals surface area contributed by atoms with Crippen molar-refractivity contribution in [2.45, 2.75) is 53.0 Å². The lowest BCUT2D eigenvalue weighted by Crippen LogP contribution is -2.49. The quantitative estimate of drug-likeness (QED) is 0.655. The second-order valence-corrected chi connectivity index (χ2v) is 7.46. The van der Waals surface area contributed by atoms with Crippen LogP contribution in [0.2, 0.25) is 0 Å². The van der Waals surface area contributed by atoms with Gasteiger partial charge in [-0.1, -0.05) is 27.7 Å². The molecule has 0 aromatic rings. The Morgan fingerprint density at radius 1 is 1.19 bits per heavy atom. The number of nitrogens with one attached hydrogen (secondary N) is 2. The van der Waals surface area contributed by atoms with Gasteiger partial charge in [0.15, 0.2) is 0 Å². The normalized spacial score (nSPS) is 20.8. The van der Waals surface area contributed by atoms with Crippen molar-refractivity contribution in [3.63, 3.8) is 0 Å². The third-order valence-electron chi connectivity index (χ3n) is 3.65. The number of carbonyl (C=O) groups excluding carboxylic acids is 1. The van der Waals surface area contributed by atoms with E-state index in [4.69, 9.17) is 9.84 Å². The van der Waals surface area contributed by atoms with Crippen molar-refractivity contribution in [2.75, 3.05) is 19.8 Å². The molecular formula is C15H28N2O4. The first-order chi connectivity index (χ1) is 9.60. The van der Waals surface area contributed by atoms with E-state index in [9.17, 15) is 9.59 Å². The monoisotopic (exact) mass is 300 g/mol. The van der Waals surface area contributed by atoms with E-state index in [0.29, 0.717) is 6.54 Å². The molecule has 1 saturated carbocycles. The second kappa shape index (κ2) is 7.11. The van der Waals surface area contributed by atoms with Crippen molar-refractivity contribution in [1.82, 2.24) is 10.6 Å². The molecule has 1 fully saturated rings. The van der Waals surface area contributed by atoms with Crippen LogP contribution in [0.5, 0.6) is 0 Å². The highest BCUT2D eigenvalue weighted by molar-refractivity contribution is 5.74. The van der Waals surface area contributed by atoms with Gasteiger partial charge < -0.3 is 20.5 Å². The van der Waals surface area contributed by atoms with Gasteiger partial charge in [-0.2, -0.15) is 0 Å². The SMILES string of the molecule is CC1(C)CC(NC(=O)NCCOCC(=O)O)CC(C)(C)C1. The smallest absolute Gasteiger partial charge is 0.329 e. The minimum absolute atomic E-state index is 0.170. The molecule has 1 aliphatic rings. The van der Waals surface area contributed by atoms with Gasteiger partial charge in [-0.05, 0) is 30.1 Å². The fraction of sp³-hybridized carbons (Fsp3) is 0.867. The van der Waals surface area contributed by atoms with Crippen LogP contribution in [0.3, 0.4) is 0 Å². The summed E-state index contributed by atoms with van der Waals surface area (Å²) in [7, 11) is 0. The number of hydrogen-bond donors (Lipinski definition) is 3. The largest absolute Gasteiger partial charge is 0.480 e. The molecule has 1 rings (SSSR count). The van der Waals surface area contributed by atoms with Gasteiger partial charge in [-0.3, -0.25) is 0 Å². The summed E-state index contributed by atoms with van der Waals surface area (Å²) in [5.41, 5.74) is 0.453. The topological polar surface area (TPSA) is 87.7 Å². The van der Waals surface area contributed by atoms with E-state index in [-0.39, 0.29) is 36.1 Å². The zero-order chi connectivity index (χ0) is 16.1. The van der Waals surface area contributed by atoms with Crippen LogP contribution in [0.25, 0.3) is 0 Å². The van der Waals surface area contributed by atoms with Crippen molar-refractivity contribution < 1.29 is 19.4 Å². The predicted molar refractivity (Wildman–Crippen MR) is 80.2 cm³/mol. The van der Waals surface area contributed by atoms with E-state index in [1.165, 1.54) is 0 Å². The van der Waals surface area contributed by atoms with Crippen molar-refractivity contribution >= 4 is 12.0 Å². The first kappa shape index (κ1) is 17.8. The van der Waals surface area contributed by atoms with E-state index in [2.05, 4.69) is 38.3 Å².